The van der Waals surface area contributed by atoms with Crippen molar-refractivity contribution in [1.29, 1.82) is 0 Å². The molecule has 94 valence electrons. The number of halogens is 1. The summed E-state index contributed by atoms with van der Waals surface area (Å²) in [5.74, 6) is 0.611. The van der Waals surface area contributed by atoms with Crippen molar-refractivity contribution in [3.05, 3.63) is 52.6 Å². The van der Waals surface area contributed by atoms with E-state index in [1.165, 1.54) is 5.56 Å². The van der Waals surface area contributed by atoms with E-state index in [-0.39, 0.29) is 6.04 Å². The van der Waals surface area contributed by atoms with Crippen molar-refractivity contribution in [2.75, 3.05) is 12.4 Å². The third-order valence-electron chi connectivity index (χ3n) is 2.69. The number of hydrogen-bond acceptors (Lipinski definition) is 3. The maximum Gasteiger partial charge on any atom is 0.237 e. The summed E-state index contributed by atoms with van der Waals surface area (Å²) in [7, 11) is 1.62. The lowest BCUT2D eigenvalue weighted by molar-refractivity contribution is 0.399. The molecule has 18 heavy (non-hydrogen) atoms. The zero-order valence-electron chi connectivity index (χ0n) is 10.4. The number of nitrogens with one attached hydrogen (secondary N) is 1. The highest BCUT2D eigenvalue weighted by atomic mass is 79.9. The molecule has 0 amide bonds. The molecular formula is C14H15BrN2O. The third kappa shape index (κ3) is 3.01. The number of anilines is 1. The number of hydrogen-bond donors (Lipinski definition) is 1. The highest BCUT2D eigenvalue weighted by molar-refractivity contribution is 9.10. The molecule has 0 fully saturated rings. The van der Waals surface area contributed by atoms with Gasteiger partial charge in [0.2, 0.25) is 5.88 Å². The van der Waals surface area contributed by atoms with Crippen LogP contribution in [0, 0.1) is 0 Å². The normalized spacial score (nSPS) is 11.9. The van der Waals surface area contributed by atoms with E-state index in [1.54, 1.807) is 13.3 Å². The number of ether oxygens (including phenoxy) is 1. The lowest BCUT2D eigenvalue weighted by atomic mass is 10.1. The van der Waals surface area contributed by atoms with E-state index >= 15 is 0 Å². The van der Waals surface area contributed by atoms with Crippen molar-refractivity contribution >= 4 is 21.6 Å². The van der Waals surface area contributed by atoms with E-state index in [9.17, 15) is 0 Å². The summed E-state index contributed by atoms with van der Waals surface area (Å²) < 4.78 is 6.30. The summed E-state index contributed by atoms with van der Waals surface area (Å²) in [4.78, 5) is 4.17. The molecule has 1 aromatic heterocycles. The van der Waals surface area contributed by atoms with Gasteiger partial charge in [0.25, 0.3) is 0 Å². The number of benzene rings is 1. The SMILES string of the molecule is COc1ncccc1NC(C)c1cccc(Br)c1. The van der Waals surface area contributed by atoms with Crippen LogP contribution in [0.25, 0.3) is 0 Å². The van der Waals surface area contributed by atoms with Crippen LogP contribution >= 0.6 is 15.9 Å². The quantitative estimate of drug-likeness (QED) is 0.926. The molecule has 1 N–H and O–H groups in total. The van der Waals surface area contributed by atoms with Gasteiger partial charge in [0.05, 0.1) is 12.8 Å². The van der Waals surface area contributed by atoms with E-state index in [0.717, 1.165) is 10.2 Å². The fraction of sp³-hybridized carbons (Fsp3) is 0.214. The molecule has 2 rings (SSSR count). The standard InChI is InChI=1S/C14H15BrN2O/c1-10(11-5-3-6-12(15)9-11)17-13-7-4-8-16-14(13)18-2/h3-10,17H,1-2H3. The highest BCUT2D eigenvalue weighted by Crippen LogP contribution is 2.26. The fourth-order valence-electron chi connectivity index (χ4n) is 1.76. The van der Waals surface area contributed by atoms with E-state index < -0.39 is 0 Å². The minimum absolute atomic E-state index is 0.181. The number of nitrogens with zero attached hydrogens (tertiary/aromatic N) is 1. The molecule has 0 saturated carbocycles. The second-order valence-corrected chi connectivity index (χ2v) is 4.90. The van der Waals surface area contributed by atoms with E-state index in [0.29, 0.717) is 5.88 Å². The molecule has 4 heteroatoms. The van der Waals surface area contributed by atoms with Gasteiger partial charge in [0, 0.05) is 16.7 Å². The molecule has 0 spiro atoms. The minimum Gasteiger partial charge on any atom is -0.480 e. The van der Waals surface area contributed by atoms with Gasteiger partial charge in [-0.15, -0.1) is 0 Å². The Kier molecular flexibility index (Phi) is 4.20. The van der Waals surface area contributed by atoms with Crippen LogP contribution in [-0.4, -0.2) is 12.1 Å². The van der Waals surface area contributed by atoms with Gasteiger partial charge in [-0.05, 0) is 36.8 Å². The van der Waals surface area contributed by atoms with Gasteiger partial charge >= 0.3 is 0 Å². The Morgan fingerprint density at radius 3 is 2.83 bits per heavy atom. The molecule has 1 unspecified atom stereocenters. The highest BCUT2D eigenvalue weighted by Gasteiger charge is 2.09. The molecule has 0 aliphatic carbocycles. The third-order valence-corrected chi connectivity index (χ3v) is 3.18. The van der Waals surface area contributed by atoms with Crippen LogP contribution in [0.5, 0.6) is 5.88 Å². The Labute approximate surface area is 115 Å². The molecule has 0 aliphatic rings. The van der Waals surface area contributed by atoms with Gasteiger partial charge < -0.3 is 10.1 Å². The smallest absolute Gasteiger partial charge is 0.237 e. The minimum atomic E-state index is 0.181. The topological polar surface area (TPSA) is 34.1 Å². The zero-order valence-corrected chi connectivity index (χ0v) is 11.9. The van der Waals surface area contributed by atoms with Crippen LogP contribution in [0.15, 0.2) is 47.1 Å². The van der Waals surface area contributed by atoms with Crippen molar-refractivity contribution in [3.63, 3.8) is 0 Å². The Bertz CT molecular complexity index is 531. The molecular weight excluding hydrogens is 292 g/mol. The first-order valence-electron chi connectivity index (χ1n) is 5.71. The van der Waals surface area contributed by atoms with Crippen LogP contribution in [0.2, 0.25) is 0 Å². The summed E-state index contributed by atoms with van der Waals surface area (Å²) >= 11 is 3.48. The Balaban J connectivity index is 2.18. The Hall–Kier alpha value is -1.55. The number of aromatic nitrogens is 1. The molecule has 0 aliphatic heterocycles. The molecule has 0 radical (unpaired) electrons. The molecule has 0 saturated heterocycles. The molecule has 1 heterocycles. The Morgan fingerprint density at radius 1 is 1.28 bits per heavy atom. The monoisotopic (exact) mass is 306 g/mol. The summed E-state index contributed by atoms with van der Waals surface area (Å²) in [5.41, 5.74) is 2.10. The zero-order chi connectivity index (χ0) is 13.0. The average Bonchev–Trinajstić information content (AvgIpc) is 2.39. The van der Waals surface area contributed by atoms with Gasteiger partial charge in [-0.3, -0.25) is 0 Å². The Morgan fingerprint density at radius 2 is 2.11 bits per heavy atom. The number of rotatable bonds is 4. The van der Waals surface area contributed by atoms with E-state index in [2.05, 4.69) is 45.3 Å². The lowest BCUT2D eigenvalue weighted by Gasteiger charge is -2.17. The van der Waals surface area contributed by atoms with Crippen LogP contribution in [-0.2, 0) is 0 Å². The van der Waals surface area contributed by atoms with Gasteiger partial charge in [0.1, 0.15) is 0 Å². The fourth-order valence-corrected chi connectivity index (χ4v) is 2.17. The summed E-state index contributed by atoms with van der Waals surface area (Å²) in [6.45, 7) is 2.11. The second-order valence-electron chi connectivity index (χ2n) is 3.98. The lowest BCUT2D eigenvalue weighted by Crippen LogP contribution is -2.08. The first-order chi connectivity index (χ1) is 8.70. The average molecular weight is 307 g/mol. The van der Waals surface area contributed by atoms with Crippen LogP contribution in [0.1, 0.15) is 18.5 Å². The summed E-state index contributed by atoms with van der Waals surface area (Å²) in [6, 6.07) is 12.3. The molecule has 1 atom stereocenters. The first kappa shape index (κ1) is 12.9. The van der Waals surface area contributed by atoms with Gasteiger partial charge in [0.15, 0.2) is 0 Å². The van der Waals surface area contributed by atoms with Gasteiger partial charge in [-0.25, -0.2) is 4.98 Å². The van der Waals surface area contributed by atoms with Crippen LogP contribution in [0.4, 0.5) is 5.69 Å². The van der Waals surface area contributed by atoms with Crippen molar-refractivity contribution < 1.29 is 4.74 Å². The van der Waals surface area contributed by atoms with Crippen LogP contribution < -0.4 is 10.1 Å². The van der Waals surface area contributed by atoms with Gasteiger partial charge in [-0.1, -0.05) is 28.1 Å². The molecule has 2 aromatic rings. The van der Waals surface area contributed by atoms with Crippen molar-refractivity contribution in [2.24, 2.45) is 0 Å². The predicted octanol–water partition coefficient (Wildman–Crippen LogP) is 4.03. The second kappa shape index (κ2) is 5.87. The first-order valence-corrected chi connectivity index (χ1v) is 6.51. The summed E-state index contributed by atoms with van der Waals surface area (Å²) in [5, 5.41) is 3.40. The maximum atomic E-state index is 5.22. The largest absolute Gasteiger partial charge is 0.480 e. The van der Waals surface area contributed by atoms with Crippen molar-refractivity contribution in [2.45, 2.75) is 13.0 Å². The van der Waals surface area contributed by atoms with Crippen molar-refractivity contribution in [1.82, 2.24) is 4.98 Å². The number of pyridine rings is 1. The molecule has 3 nitrogen and oxygen atoms in total. The summed E-state index contributed by atoms with van der Waals surface area (Å²) in [6.07, 6.45) is 1.72. The van der Waals surface area contributed by atoms with Crippen molar-refractivity contribution in [3.8, 4) is 5.88 Å². The maximum absolute atomic E-state index is 5.22. The molecule has 0 bridgehead atoms. The molecule has 1 aromatic carbocycles. The van der Waals surface area contributed by atoms with Crippen LogP contribution in [0.3, 0.4) is 0 Å². The van der Waals surface area contributed by atoms with E-state index in [4.69, 9.17) is 4.74 Å². The van der Waals surface area contributed by atoms with Gasteiger partial charge in [-0.2, -0.15) is 0 Å². The number of methoxy groups -OCH3 is 1. The predicted molar refractivity (Wildman–Crippen MR) is 77.0 cm³/mol. The van der Waals surface area contributed by atoms with E-state index in [1.807, 2.05) is 24.3 Å².